The van der Waals surface area contributed by atoms with Gasteiger partial charge in [0.2, 0.25) is 11.9 Å². The number of carbonyl (C=O) groups is 1. The van der Waals surface area contributed by atoms with Crippen LogP contribution in [0.1, 0.15) is 6.42 Å². The molecule has 0 atom stereocenters. The quantitative estimate of drug-likeness (QED) is 0.772. The molecule has 1 heterocycles. The van der Waals surface area contributed by atoms with Gasteiger partial charge in [0.1, 0.15) is 5.75 Å². The van der Waals surface area contributed by atoms with Crippen molar-refractivity contribution in [3.8, 4) is 5.75 Å². The van der Waals surface area contributed by atoms with E-state index < -0.39 is 0 Å². The van der Waals surface area contributed by atoms with Crippen molar-refractivity contribution in [2.75, 3.05) is 17.7 Å². The number of aromatic nitrogens is 3. The molecule has 0 saturated carbocycles. The summed E-state index contributed by atoms with van der Waals surface area (Å²) in [5.74, 6) is 0.614. The monoisotopic (exact) mass is 259 g/mol. The number of nitrogen functional groups attached to an aromatic ring is 1. The summed E-state index contributed by atoms with van der Waals surface area (Å²) in [4.78, 5) is 15.4. The summed E-state index contributed by atoms with van der Waals surface area (Å²) in [5.41, 5.74) is 6.22. The van der Waals surface area contributed by atoms with Crippen LogP contribution in [0.15, 0.2) is 36.7 Å². The zero-order chi connectivity index (χ0) is 13.5. The molecule has 1 aromatic carbocycles. The molecule has 7 heteroatoms. The molecule has 0 saturated heterocycles. The van der Waals surface area contributed by atoms with Gasteiger partial charge in [-0.25, -0.2) is 4.98 Å². The Morgan fingerprint density at radius 3 is 2.74 bits per heavy atom. The molecule has 3 N–H and O–H groups in total. The number of nitrogens with two attached hydrogens (primary N) is 1. The number of ether oxygens (including phenoxy) is 1. The van der Waals surface area contributed by atoms with E-state index in [1.807, 2.05) is 0 Å². The predicted octanol–water partition coefficient (Wildman–Crippen LogP) is 0.861. The van der Waals surface area contributed by atoms with E-state index in [9.17, 15) is 4.79 Å². The molecule has 98 valence electrons. The van der Waals surface area contributed by atoms with E-state index in [0.29, 0.717) is 11.4 Å². The Balaban J connectivity index is 1.74. The Morgan fingerprint density at radius 1 is 1.26 bits per heavy atom. The molecule has 19 heavy (non-hydrogen) atoms. The van der Waals surface area contributed by atoms with Gasteiger partial charge in [0.05, 0.1) is 25.4 Å². The topological polar surface area (TPSA) is 103 Å². The average molecular weight is 259 g/mol. The summed E-state index contributed by atoms with van der Waals surface area (Å²) in [7, 11) is 0. The molecule has 1 amide bonds. The molecule has 0 unspecified atom stereocenters. The van der Waals surface area contributed by atoms with E-state index in [2.05, 4.69) is 20.5 Å². The van der Waals surface area contributed by atoms with Gasteiger partial charge in [0.15, 0.2) is 0 Å². The summed E-state index contributed by atoms with van der Waals surface area (Å²) >= 11 is 0. The van der Waals surface area contributed by atoms with Crippen LogP contribution in [-0.4, -0.2) is 27.7 Å². The fraction of sp³-hybridized carbons (Fsp3) is 0.167. The number of nitrogens with zero attached hydrogens (tertiary/aromatic N) is 3. The highest BCUT2D eigenvalue weighted by atomic mass is 16.5. The fourth-order valence-electron chi connectivity index (χ4n) is 1.32. The molecular formula is C12H13N5O2. The van der Waals surface area contributed by atoms with Crippen LogP contribution in [0.25, 0.3) is 0 Å². The van der Waals surface area contributed by atoms with Crippen LogP contribution in [0.3, 0.4) is 0 Å². The number of anilines is 2. The Bertz CT molecular complexity index is 530. The third-order valence-corrected chi connectivity index (χ3v) is 2.21. The van der Waals surface area contributed by atoms with E-state index in [4.69, 9.17) is 10.5 Å². The average Bonchev–Trinajstić information content (AvgIpc) is 2.42. The molecule has 1 aromatic heterocycles. The number of amides is 1. The first-order valence-corrected chi connectivity index (χ1v) is 5.66. The largest absolute Gasteiger partial charge is 0.493 e. The third-order valence-electron chi connectivity index (χ3n) is 2.21. The minimum atomic E-state index is -0.233. The van der Waals surface area contributed by atoms with Crippen molar-refractivity contribution in [3.63, 3.8) is 0 Å². The number of rotatable bonds is 5. The Morgan fingerprint density at radius 2 is 2.05 bits per heavy atom. The van der Waals surface area contributed by atoms with E-state index in [0.717, 1.165) is 0 Å². The van der Waals surface area contributed by atoms with E-state index in [-0.39, 0.29) is 24.9 Å². The number of nitrogens with one attached hydrogen (secondary N) is 1. The number of carbonyl (C=O) groups excluding carboxylic acids is 1. The standard InChI is InChI=1S/C12H13N5O2/c13-9-1-3-10(4-2-9)19-8-5-11(18)16-12-14-6-7-15-17-12/h1-4,6-7H,5,8,13H2,(H,14,16,17,18). The Kier molecular flexibility index (Phi) is 4.22. The summed E-state index contributed by atoms with van der Waals surface area (Å²) in [6, 6.07) is 6.96. The molecular weight excluding hydrogens is 246 g/mol. The van der Waals surface area contributed by atoms with Crippen molar-refractivity contribution in [1.29, 1.82) is 0 Å². The van der Waals surface area contributed by atoms with Gasteiger partial charge in [-0.1, -0.05) is 0 Å². The first-order chi connectivity index (χ1) is 9.24. The minimum Gasteiger partial charge on any atom is -0.493 e. The lowest BCUT2D eigenvalue weighted by molar-refractivity contribution is -0.116. The van der Waals surface area contributed by atoms with Crippen LogP contribution in [0, 0.1) is 0 Å². The summed E-state index contributed by atoms with van der Waals surface area (Å²) < 4.78 is 5.40. The van der Waals surface area contributed by atoms with Crippen molar-refractivity contribution in [2.45, 2.75) is 6.42 Å². The Labute approximate surface area is 109 Å². The first kappa shape index (κ1) is 12.7. The third kappa shape index (κ3) is 4.23. The van der Waals surface area contributed by atoms with Crippen LogP contribution in [-0.2, 0) is 4.79 Å². The van der Waals surface area contributed by atoms with Gasteiger partial charge >= 0.3 is 0 Å². The van der Waals surface area contributed by atoms with E-state index >= 15 is 0 Å². The second kappa shape index (κ2) is 6.29. The minimum absolute atomic E-state index is 0.181. The normalized spacial score (nSPS) is 9.89. The molecule has 0 radical (unpaired) electrons. The molecule has 0 bridgehead atoms. The zero-order valence-corrected chi connectivity index (χ0v) is 10.1. The number of hydrogen-bond acceptors (Lipinski definition) is 6. The van der Waals surface area contributed by atoms with Gasteiger partial charge in [-0.3, -0.25) is 10.1 Å². The summed E-state index contributed by atoms with van der Waals surface area (Å²) in [6.45, 7) is 0.260. The van der Waals surface area contributed by atoms with Crippen LogP contribution in [0.5, 0.6) is 5.75 Å². The van der Waals surface area contributed by atoms with Crippen LogP contribution >= 0.6 is 0 Å². The zero-order valence-electron chi connectivity index (χ0n) is 10.1. The Hall–Kier alpha value is -2.70. The van der Waals surface area contributed by atoms with Gasteiger partial charge in [0, 0.05) is 5.69 Å². The molecule has 7 nitrogen and oxygen atoms in total. The van der Waals surface area contributed by atoms with E-state index in [1.54, 1.807) is 24.3 Å². The molecule has 0 spiro atoms. The smallest absolute Gasteiger partial charge is 0.249 e. The van der Waals surface area contributed by atoms with Crippen molar-refractivity contribution < 1.29 is 9.53 Å². The lowest BCUT2D eigenvalue weighted by atomic mass is 10.3. The molecule has 0 aliphatic heterocycles. The molecule has 0 aliphatic carbocycles. The number of benzene rings is 1. The predicted molar refractivity (Wildman–Crippen MR) is 69.4 cm³/mol. The van der Waals surface area contributed by atoms with E-state index in [1.165, 1.54) is 12.4 Å². The molecule has 0 fully saturated rings. The highest BCUT2D eigenvalue weighted by molar-refractivity contribution is 5.88. The van der Waals surface area contributed by atoms with Crippen molar-refractivity contribution >= 4 is 17.5 Å². The van der Waals surface area contributed by atoms with Gasteiger partial charge in [-0.05, 0) is 24.3 Å². The van der Waals surface area contributed by atoms with Crippen LogP contribution in [0.2, 0.25) is 0 Å². The molecule has 0 aliphatic rings. The maximum atomic E-state index is 11.5. The summed E-state index contributed by atoms with van der Waals surface area (Å²) in [6.07, 6.45) is 3.08. The van der Waals surface area contributed by atoms with Crippen LogP contribution in [0.4, 0.5) is 11.6 Å². The lowest BCUT2D eigenvalue weighted by Crippen LogP contribution is -2.17. The molecule has 2 aromatic rings. The fourth-order valence-corrected chi connectivity index (χ4v) is 1.32. The maximum absolute atomic E-state index is 11.5. The highest BCUT2D eigenvalue weighted by Gasteiger charge is 2.04. The lowest BCUT2D eigenvalue weighted by Gasteiger charge is -2.06. The van der Waals surface area contributed by atoms with Crippen molar-refractivity contribution in [2.24, 2.45) is 0 Å². The second-order valence-electron chi connectivity index (χ2n) is 3.68. The van der Waals surface area contributed by atoms with Gasteiger partial charge in [-0.15, -0.1) is 5.10 Å². The van der Waals surface area contributed by atoms with Crippen LogP contribution < -0.4 is 15.8 Å². The van der Waals surface area contributed by atoms with Gasteiger partial charge in [0.25, 0.3) is 0 Å². The van der Waals surface area contributed by atoms with Crippen molar-refractivity contribution in [1.82, 2.24) is 15.2 Å². The second-order valence-corrected chi connectivity index (χ2v) is 3.68. The summed E-state index contributed by atoms with van der Waals surface area (Å²) in [5, 5.41) is 9.76. The van der Waals surface area contributed by atoms with Gasteiger partial charge in [-0.2, -0.15) is 5.10 Å². The molecule has 2 rings (SSSR count). The van der Waals surface area contributed by atoms with Crippen molar-refractivity contribution in [3.05, 3.63) is 36.7 Å². The highest BCUT2D eigenvalue weighted by Crippen LogP contribution is 2.13. The van der Waals surface area contributed by atoms with Gasteiger partial charge < -0.3 is 10.5 Å². The SMILES string of the molecule is Nc1ccc(OCCC(=O)Nc2nccnn2)cc1. The first-order valence-electron chi connectivity index (χ1n) is 5.66. The maximum Gasteiger partial charge on any atom is 0.249 e. The number of hydrogen-bond donors (Lipinski definition) is 2.